The molecule has 0 radical (unpaired) electrons. The Balaban J connectivity index is 1.16. The lowest BCUT2D eigenvalue weighted by atomic mass is 9.91. The highest BCUT2D eigenvalue weighted by molar-refractivity contribution is 6.09. The summed E-state index contributed by atoms with van der Waals surface area (Å²) in [5.41, 5.74) is 13.5. The molecule has 0 bridgehead atoms. The monoisotopic (exact) mass is 793 g/mol. The summed E-state index contributed by atoms with van der Waals surface area (Å²) in [6, 6.07) is 83.0. The number of nitrogens with zero attached hydrogens (tertiary/aromatic N) is 5. The van der Waals surface area contributed by atoms with Crippen molar-refractivity contribution in [2.75, 3.05) is 4.90 Å². The Morgan fingerprint density at radius 1 is 0.306 bits per heavy atom. The SMILES string of the molecule is c1ccc(-c2nc(-c3ccccc3)nc(-c3cc(-c4ccccc4)c(N(c4ccccc4)c4ccc(-n5c6ccccc6c6ccccc65)cc4)c(-c4ccccc4)c3)n2)cc1. The lowest BCUT2D eigenvalue weighted by Crippen LogP contribution is -2.13. The number of anilines is 3. The minimum absolute atomic E-state index is 0.598. The smallest absolute Gasteiger partial charge is 0.164 e. The largest absolute Gasteiger partial charge is 0.309 e. The molecule has 0 aliphatic heterocycles. The Kier molecular flexibility index (Phi) is 9.45. The Bertz CT molecular complexity index is 3140. The van der Waals surface area contributed by atoms with E-state index in [1.807, 2.05) is 60.7 Å². The maximum absolute atomic E-state index is 5.20. The van der Waals surface area contributed by atoms with Gasteiger partial charge in [-0.05, 0) is 71.8 Å². The van der Waals surface area contributed by atoms with Crippen LogP contribution in [-0.2, 0) is 0 Å². The summed E-state index contributed by atoms with van der Waals surface area (Å²) >= 11 is 0. The van der Waals surface area contributed by atoms with E-state index in [0.717, 1.165) is 61.7 Å². The average molecular weight is 794 g/mol. The fourth-order valence-electron chi connectivity index (χ4n) is 8.55. The second-order valence-corrected chi connectivity index (χ2v) is 15.2. The van der Waals surface area contributed by atoms with Crippen molar-refractivity contribution in [1.82, 2.24) is 19.5 Å². The number of aromatic nitrogens is 4. The van der Waals surface area contributed by atoms with Crippen LogP contribution in [0, 0.1) is 0 Å². The second kappa shape index (κ2) is 16.0. The van der Waals surface area contributed by atoms with Gasteiger partial charge in [0.15, 0.2) is 17.5 Å². The van der Waals surface area contributed by atoms with E-state index in [9.17, 15) is 0 Å². The van der Waals surface area contributed by atoms with Gasteiger partial charge in [-0.3, -0.25) is 0 Å². The molecule has 11 rings (SSSR count). The molecular formula is C57H39N5. The molecule has 292 valence electrons. The van der Waals surface area contributed by atoms with Crippen molar-refractivity contribution in [2.24, 2.45) is 0 Å². The van der Waals surface area contributed by atoms with Crippen LogP contribution >= 0.6 is 0 Å². The molecule has 0 aliphatic rings. The first-order chi connectivity index (χ1) is 30.8. The van der Waals surface area contributed by atoms with Crippen LogP contribution in [0.3, 0.4) is 0 Å². The predicted octanol–water partition coefficient (Wildman–Crippen LogP) is 14.8. The zero-order valence-electron chi connectivity index (χ0n) is 33.8. The summed E-state index contributed by atoms with van der Waals surface area (Å²) in [7, 11) is 0. The third-order valence-corrected chi connectivity index (χ3v) is 11.4. The molecule has 5 heteroatoms. The second-order valence-electron chi connectivity index (χ2n) is 15.2. The topological polar surface area (TPSA) is 46.8 Å². The molecule has 0 saturated heterocycles. The average Bonchev–Trinajstić information content (AvgIpc) is 3.70. The molecule has 9 aromatic carbocycles. The van der Waals surface area contributed by atoms with E-state index in [4.69, 9.17) is 15.0 Å². The van der Waals surface area contributed by atoms with Crippen LogP contribution in [0.1, 0.15) is 0 Å². The fourth-order valence-corrected chi connectivity index (χ4v) is 8.55. The zero-order chi connectivity index (χ0) is 41.2. The van der Waals surface area contributed by atoms with E-state index < -0.39 is 0 Å². The molecule has 5 nitrogen and oxygen atoms in total. The first-order valence-corrected chi connectivity index (χ1v) is 20.9. The van der Waals surface area contributed by atoms with Crippen molar-refractivity contribution in [3.8, 4) is 62.1 Å². The third kappa shape index (κ3) is 6.78. The fraction of sp³-hybridized carbons (Fsp3) is 0. The molecule has 2 aromatic heterocycles. The van der Waals surface area contributed by atoms with E-state index in [1.165, 1.54) is 21.8 Å². The van der Waals surface area contributed by atoms with Gasteiger partial charge in [-0.2, -0.15) is 0 Å². The van der Waals surface area contributed by atoms with Gasteiger partial charge in [0.25, 0.3) is 0 Å². The predicted molar refractivity (Wildman–Crippen MR) is 256 cm³/mol. The maximum Gasteiger partial charge on any atom is 0.164 e. The summed E-state index contributed by atoms with van der Waals surface area (Å²) in [6.45, 7) is 0. The quantitative estimate of drug-likeness (QED) is 0.146. The number of rotatable bonds is 9. The van der Waals surface area contributed by atoms with Gasteiger partial charge in [0, 0.05) is 55.7 Å². The van der Waals surface area contributed by atoms with Crippen molar-refractivity contribution in [3.63, 3.8) is 0 Å². The highest BCUT2D eigenvalue weighted by atomic mass is 15.1. The van der Waals surface area contributed by atoms with Crippen LogP contribution in [0.25, 0.3) is 83.9 Å². The molecule has 0 N–H and O–H groups in total. The van der Waals surface area contributed by atoms with Crippen LogP contribution in [0.2, 0.25) is 0 Å². The van der Waals surface area contributed by atoms with Crippen LogP contribution in [-0.4, -0.2) is 19.5 Å². The minimum atomic E-state index is 0.598. The van der Waals surface area contributed by atoms with Crippen molar-refractivity contribution in [2.45, 2.75) is 0 Å². The van der Waals surface area contributed by atoms with Gasteiger partial charge in [-0.1, -0.05) is 176 Å². The minimum Gasteiger partial charge on any atom is -0.309 e. The van der Waals surface area contributed by atoms with E-state index in [0.29, 0.717) is 17.5 Å². The first kappa shape index (κ1) is 36.7. The van der Waals surface area contributed by atoms with Gasteiger partial charge in [-0.25, -0.2) is 15.0 Å². The number of hydrogen-bond acceptors (Lipinski definition) is 4. The Morgan fingerprint density at radius 3 is 1.11 bits per heavy atom. The number of hydrogen-bond donors (Lipinski definition) is 0. The number of benzene rings is 9. The van der Waals surface area contributed by atoms with Crippen molar-refractivity contribution in [1.29, 1.82) is 0 Å². The molecule has 62 heavy (non-hydrogen) atoms. The van der Waals surface area contributed by atoms with Crippen LogP contribution in [0.15, 0.2) is 237 Å². The van der Waals surface area contributed by atoms with Crippen LogP contribution in [0.5, 0.6) is 0 Å². The van der Waals surface area contributed by atoms with E-state index in [2.05, 4.69) is 185 Å². The van der Waals surface area contributed by atoms with Crippen molar-refractivity contribution in [3.05, 3.63) is 237 Å². The molecule has 0 unspecified atom stereocenters. The normalized spacial score (nSPS) is 11.2. The highest BCUT2D eigenvalue weighted by Gasteiger charge is 2.25. The van der Waals surface area contributed by atoms with Crippen LogP contribution in [0.4, 0.5) is 17.1 Å². The molecule has 2 heterocycles. The van der Waals surface area contributed by atoms with Crippen molar-refractivity contribution >= 4 is 38.9 Å². The maximum atomic E-state index is 5.20. The van der Waals surface area contributed by atoms with Gasteiger partial charge in [0.1, 0.15) is 0 Å². The highest BCUT2D eigenvalue weighted by Crippen LogP contribution is 2.49. The molecule has 0 fully saturated rings. The van der Waals surface area contributed by atoms with E-state index in [-0.39, 0.29) is 0 Å². The molecule has 0 saturated carbocycles. The number of para-hydroxylation sites is 3. The van der Waals surface area contributed by atoms with E-state index in [1.54, 1.807) is 0 Å². The van der Waals surface area contributed by atoms with Gasteiger partial charge < -0.3 is 9.47 Å². The lowest BCUT2D eigenvalue weighted by Gasteiger charge is -2.31. The summed E-state index contributed by atoms with van der Waals surface area (Å²) in [4.78, 5) is 17.8. The molecule has 0 amide bonds. The zero-order valence-corrected chi connectivity index (χ0v) is 33.8. The Labute approximate surface area is 360 Å². The molecule has 0 aliphatic carbocycles. The molecular weight excluding hydrogens is 755 g/mol. The van der Waals surface area contributed by atoms with Crippen molar-refractivity contribution < 1.29 is 0 Å². The summed E-state index contributed by atoms with van der Waals surface area (Å²) < 4.78 is 2.36. The van der Waals surface area contributed by atoms with Gasteiger partial charge >= 0.3 is 0 Å². The Hall–Kier alpha value is -8.41. The summed E-state index contributed by atoms with van der Waals surface area (Å²) in [6.07, 6.45) is 0. The first-order valence-electron chi connectivity index (χ1n) is 20.9. The lowest BCUT2D eigenvalue weighted by molar-refractivity contribution is 1.07. The van der Waals surface area contributed by atoms with Crippen LogP contribution < -0.4 is 4.90 Å². The summed E-state index contributed by atoms with van der Waals surface area (Å²) in [5, 5.41) is 2.48. The summed E-state index contributed by atoms with van der Waals surface area (Å²) in [5.74, 6) is 1.84. The van der Waals surface area contributed by atoms with Gasteiger partial charge in [-0.15, -0.1) is 0 Å². The van der Waals surface area contributed by atoms with Gasteiger partial charge in [0.2, 0.25) is 0 Å². The molecule has 0 spiro atoms. The van der Waals surface area contributed by atoms with Gasteiger partial charge in [0.05, 0.1) is 16.7 Å². The molecule has 11 aromatic rings. The third-order valence-electron chi connectivity index (χ3n) is 11.4. The Morgan fingerprint density at radius 2 is 0.661 bits per heavy atom. The van der Waals surface area contributed by atoms with E-state index >= 15 is 0 Å². The molecule has 0 atom stereocenters. The number of fused-ring (bicyclic) bond motifs is 3. The standard InChI is InChI=1S/C57H39N5/c1-6-20-40(21-7-1)50-38-44(57-59-55(42-24-10-3-11-25-42)58-56(60-57)43-26-12-4-13-27-43)39-51(41-22-8-2-9-23-41)54(50)61(45-28-14-5-15-29-45)46-34-36-47(37-35-46)62-52-32-18-16-30-48(52)49-31-17-19-33-53(49)62/h1-39H.